The zero-order valence-electron chi connectivity index (χ0n) is 10.3. The van der Waals surface area contributed by atoms with E-state index in [0.717, 1.165) is 0 Å². The van der Waals surface area contributed by atoms with Crippen LogP contribution in [0.4, 0.5) is 0 Å². The maximum Gasteiger partial charge on any atom is 0.276 e. The molecule has 0 saturated heterocycles. The van der Waals surface area contributed by atoms with Crippen molar-refractivity contribution in [2.75, 3.05) is 19.5 Å². The highest BCUT2D eigenvalue weighted by molar-refractivity contribution is 7.99. The molecule has 7 heteroatoms. The number of hydrogen-bond acceptors (Lipinski definition) is 7. The second-order valence-corrected chi connectivity index (χ2v) is 4.69. The van der Waals surface area contributed by atoms with Crippen molar-refractivity contribution in [1.29, 1.82) is 0 Å². The Morgan fingerprint density at radius 3 is 2.89 bits per heavy atom. The molecule has 1 aromatic carbocycles. The van der Waals surface area contributed by atoms with Crippen molar-refractivity contribution in [2.45, 2.75) is 11.3 Å². The van der Waals surface area contributed by atoms with Crippen molar-refractivity contribution in [3.63, 3.8) is 0 Å². The number of methoxy groups -OCH3 is 1. The predicted octanol–water partition coefficient (Wildman–Crippen LogP) is 1.19. The van der Waals surface area contributed by atoms with Gasteiger partial charge in [0.2, 0.25) is 0 Å². The van der Waals surface area contributed by atoms with Crippen LogP contribution in [0.15, 0.2) is 33.9 Å². The first-order chi connectivity index (χ1) is 9.24. The van der Waals surface area contributed by atoms with Crippen LogP contribution < -0.4 is 4.74 Å². The average molecular weight is 282 g/mol. The van der Waals surface area contributed by atoms with Crippen LogP contribution in [0, 0.1) is 0 Å². The summed E-state index contributed by atoms with van der Waals surface area (Å²) >= 11 is 1.19. The largest absolute Gasteiger partial charge is 0.496 e. The Kier molecular flexibility index (Phi) is 4.78. The van der Waals surface area contributed by atoms with Crippen molar-refractivity contribution >= 4 is 11.8 Å². The summed E-state index contributed by atoms with van der Waals surface area (Å²) in [5.74, 6) is 1.31. The summed E-state index contributed by atoms with van der Waals surface area (Å²) in [4.78, 5) is 0. The molecular formula is C12H14N2O4S. The number of aromatic nitrogens is 2. The van der Waals surface area contributed by atoms with Crippen molar-refractivity contribution < 1.29 is 19.4 Å². The van der Waals surface area contributed by atoms with Crippen LogP contribution in [0.25, 0.3) is 11.5 Å². The van der Waals surface area contributed by atoms with Crippen molar-refractivity contribution in [3.8, 4) is 17.2 Å². The van der Waals surface area contributed by atoms with Crippen molar-refractivity contribution in [1.82, 2.24) is 10.2 Å². The van der Waals surface area contributed by atoms with E-state index in [9.17, 15) is 5.11 Å². The highest BCUT2D eigenvalue weighted by Crippen LogP contribution is 2.30. The molecule has 0 saturated carbocycles. The number of benzene rings is 1. The minimum atomic E-state index is -0.799. The molecule has 0 bridgehead atoms. The van der Waals surface area contributed by atoms with Gasteiger partial charge in [0.1, 0.15) is 5.75 Å². The summed E-state index contributed by atoms with van der Waals surface area (Å²) < 4.78 is 10.7. The summed E-state index contributed by atoms with van der Waals surface area (Å²) in [6.45, 7) is -0.291. The Morgan fingerprint density at radius 1 is 1.37 bits per heavy atom. The minimum absolute atomic E-state index is 0.291. The maximum atomic E-state index is 9.24. The third-order valence-electron chi connectivity index (χ3n) is 2.35. The van der Waals surface area contributed by atoms with Crippen LogP contribution in [0.2, 0.25) is 0 Å². The van der Waals surface area contributed by atoms with Crippen LogP contribution in [-0.2, 0) is 0 Å². The van der Waals surface area contributed by atoms with Gasteiger partial charge < -0.3 is 19.4 Å². The number of aliphatic hydroxyl groups excluding tert-OH is 2. The molecular weight excluding hydrogens is 268 g/mol. The molecule has 1 unspecified atom stereocenters. The van der Waals surface area contributed by atoms with Gasteiger partial charge >= 0.3 is 0 Å². The van der Waals surface area contributed by atoms with Gasteiger partial charge in [-0.05, 0) is 12.1 Å². The zero-order valence-corrected chi connectivity index (χ0v) is 11.1. The smallest absolute Gasteiger partial charge is 0.276 e. The highest BCUT2D eigenvalue weighted by Gasteiger charge is 2.14. The fourth-order valence-corrected chi connectivity index (χ4v) is 2.10. The van der Waals surface area contributed by atoms with Crippen LogP contribution in [-0.4, -0.2) is 46.0 Å². The van der Waals surface area contributed by atoms with Gasteiger partial charge in [0, 0.05) is 5.75 Å². The molecule has 2 N–H and O–H groups in total. The Balaban J connectivity index is 2.12. The van der Waals surface area contributed by atoms with E-state index < -0.39 is 6.10 Å². The number of nitrogens with zero attached hydrogens (tertiary/aromatic N) is 2. The third-order valence-corrected chi connectivity index (χ3v) is 3.32. The number of ether oxygens (including phenoxy) is 1. The fraction of sp³-hybridized carbons (Fsp3) is 0.333. The number of para-hydroxylation sites is 1. The summed E-state index contributed by atoms with van der Waals surface area (Å²) in [6.07, 6.45) is -0.799. The maximum absolute atomic E-state index is 9.24. The Hall–Kier alpha value is -1.57. The lowest BCUT2D eigenvalue weighted by atomic mass is 10.2. The second kappa shape index (κ2) is 6.55. The Morgan fingerprint density at radius 2 is 2.16 bits per heavy atom. The lowest BCUT2D eigenvalue weighted by Gasteiger charge is -2.04. The van der Waals surface area contributed by atoms with Crippen LogP contribution >= 0.6 is 11.8 Å². The van der Waals surface area contributed by atoms with E-state index in [1.54, 1.807) is 7.11 Å². The topological polar surface area (TPSA) is 88.6 Å². The molecule has 102 valence electrons. The van der Waals surface area contributed by atoms with Gasteiger partial charge in [-0.2, -0.15) is 0 Å². The molecule has 0 radical (unpaired) electrons. The van der Waals surface area contributed by atoms with Gasteiger partial charge in [0.05, 0.1) is 25.4 Å². The summed E-state index contributed by atoms with van der Waals surface area (Å²) in [5.41, 5.74) is 0.715. The summed E-state index contributed by atoms with van der Waals surface area (Å²) in [6, 6.07) is 7.33. The van der Waals surface area contributed by atoms with E-state index in [-0.39, 0.29) is 6.61 Å². The normalized spacial score (nSPS) is 12.4. The first-order valence-electron chi connectivity index (χ1n) is 5.63. The van der Waals surface area contributed by atoms with Crippen molar-refractivity contribution in [3.05, 3.63) is 24.3 Å². The number of hydrogen-bond donors (Lipinski definition) is 2. The van der Waals surface area contributed by atoms with Gasteiger partial charge in [0.15, 0.2) is 0 Å². The highest BCUT2D eigenvalue weighted by atomic mass is 32.2. The van der Waals surface area contributed by atoms with E-state index in [4.69, 9.17) is 14.3 Å². The molecule has 6 nitrogen and oxygen atoms in total. The quantitative estimate of drug-likeness (QED) is 0.769. The van der Waals surface area contributed by atoms with Gasteiger partial charge in [-0.3, -0.25) is 0 Å². The number of thioether (sulfide) groups is 1. The lowest BCUT2D eigenvalue weighted by Crippen LogP contribution is -2.14. The Labute approximate surface area is 114 Å². The van der Waals surface area contributed by atoms with Crippen molar-refractivity contribution in [2.24, 2.45) is 0 Å². The van der Waals surface area contributed by atoms with E-state index in [1.165, 1.54) is 11.8 Å². The average Bonchev–Trinajstić information content (AvgIpc) is 2.93. The van der Waals surface area contributed by atoms with Gasteiger partial charge in [-0.15, -0.1) is 10.2 Å². The molecule has 0 aliphatic rings. The SMILES string of the molecule is COc1ccccc1-c1nnc(SCC(O)CO)o1. The minimum Gasteiger partial charge on any atom is -0.496 e. The fourth-order valence-electron chi connectivity index (χ4n) is 1.42. The molecule has 1 heterocycles. The van der Waals surface area contributed by atoms with Crippen LogP contribution in [0.3, 0.4) is 0 Å². The van der Waals surface area contributed by atoms with E-state index in [0.29, 0.717) is 28.2 Å². The molecule has 0 aliphatic carbocycles. The molecule has 0 spiro atoms. The molecule has 0 amide bonds. The molecule has 0 aliphatic heterocycles. The molecule has 2 rings (SSSR count). The number of rotatable bonds is 6. The zero-order chi connectivity index (χ0) is 13.7. The first-order valence-corrected chi connectivity index (χ1v) is 6.61. The summed E-state index contributed by atoms with van der Waals surface area (Å²) in [7, 11) is 1.57. The monoisotopic (exact) mass is 282 g/mol. The third kappa shape index (κ3) is 3.46. The van der Waals surface area contributed by atoms with E-state index in [1.807, 2.05) is 24.3 Å². The predicted molar refractivity (Wildman–Crippen MR) is 70.1 cm³/mol. The van der Waals surface area contributed by atoms with Gasteiger partial charge in [-0.1, -0.05) is 23.9 Å². The van der Waals surface area contributed by atoms with E-state index in [2.05, 4.69) is 10.2 Å². The lowest BCUT2D eigenvalue weighted by molar-refractivity contribution is 0.113. The van der Waals surface area contributed by atoms with Crippen LogP contribution in [0.1, 0.15) is 0 Å². The van der Waals surface area contributed by atoms with Gasteiger partial charge in [-0.25, -0.2) is 0 Å². The van der Waals surface area contributed by atoms with Gasteiger partial charge in [0.25, 0.3) is 11.1 Å². The molecule has 2 aromatic rings. The molecule has 19 heavy (non-hydrogen) atoms. The Bertz CT molecular complexity index is 532. The molecule has 0 fully saturated rings. The second-order valence-electron chi connectivity index (χ2n) is 3.72. The number of aliphatic hydroxyl groups is 2. The first kappa shape index (κ1) is 13.9. The van der Waals surface area contributed by atoms with Crippen LogP contribution in [0.5, 0.6) is 5.75 Å². The van der Waals surface area contributed by atoms with E-state index >= 15 is 0 Å². The molecule has 1 aromatic heterocycles. The summed E-state index contributed by atoms with van der Waals surface area (Å²) in [5, 5.41) is 26.1. The molecule has 1 atom stereocenters. The standard InChI is InChI=1S/C12H14N2O4S/c1-17-10-5-3-2-4-9(10)11-13-14-12(18-11)19-7-8(16)6-15/h2-5,8,15-16H,6-7H2,1H3.